The molecule has 23 heavy (non-hydrogen) atoms. The summed E-state index contributed by atoms with van der Waals surface area (Å²) in [4.78, 5) is 12.1. The number of fused-ring (bicyclic) bond motifs is 1. The predicted octanol–water partition coefficient (Wildman–Crippen LogP) is 4.28. The number of hydrogen-bond donors (Lipinski definition) is 1. The Hall–Kier alpha value is -1.64. The zero-order chi connectivity index (χ0) is 16.6. The molecule has 1 atom stereocenters. The van der Waals surface area contributed by atoms with Crippen molar-refractivity contribution >= 4 is 28.5 Å². The Morgan fingerprint density at radius 3 is 2.74 bits per heavy atom. The minimum atomic E-state index is -2.88. The number of nitrogens with one attached hydrogen (secondary N) is 1. The number of thioether (sulfide) groups is 1. The predicted molar refractivity (Wildman–Crippen MR) is 80.3 cm³/mol. The van der Waals surface area contributed by atoms with Gasteiger partial charge in [0.1, 0.15) is 11.2 Å². The monoisotopic (exact) mass is 346 g/mol. The van der Waals surface area contributed by atoms with Gasteiger partial charge in [-0.15, -0.1) is 0 Å². The van der Waals surface area contributed by atoms with Gasteiger partial charge in [0, 0.05) is 18.0 Å². The number of hydrogen-bond acceptors (Lipinski definition) is 5. The summed E-state index contributed by atoms with van der Waals surface area (Å²) in [5.74, 6) is -2.92. The van der Waals surface area contributed by atoms with Gasteiger partial charge < -0.3 is 5.32 Å². The molecule has 124 valence electrons. The first-order valence-corrected chi connectivity index (χ1v) is 8.27. The van der Waals surface area contributed by atoms with Gasteiger partial charge in [-0.2, -0.15) is 0 Å². The summed E-state index contributed by atoms with van der Waals surface area (Å²) in [5, 5.41) is 3.39. The molecule has 0 bridgehead atoms. The first-order chi connectivity index (χ1) is 10.9. The molecule has 3 rings (SSSR count). The molecule has 4 nitrogen and oxygen atoms in total. The van der Waals surface area contributed by atoms with Crippen molar-refractivity contribution in [1.82, 2.24) is 15.0 Å². The summed E-state index contributed by atoms with van der Waals surface area (Å²) in [5.41, 5.74) is -0.210. The fourth-order valence-corrected chi connectivity index (χ4v) is 2.97. The number of alkyl halides is 4. The van der Waals surface area contributed by atoms with Crippen molar-refractivity contribution in [1.29, 1.82) is 0 Å². The van der Waals surface area contributed by atoms with Crippen LogP contribution < -0.4 is 5.32 Å². The minimum absolute atomic E-state index is 0.0397. The van der Waals surface area contributed by atoms with Crippen LogP contribution in [0.3, 0.4) is 0 Å². The third-order valence-corrected chi connectivity index (χ3v) is 4.36. The van der Waals surface area contributed by atoms with Crippen molar-refractivity contribution in [3.05, 3.63) is 18.0 Å². The van der Waals surface area contributed by atoms with E-state index >= 15 is 0 Å². The highest BCUT2D eigenvalue weighted by Crippen LogP contribution is 2.38. The van der Waals surface area contributed by atoms with Crippen LogP contribution in [-0.2, 0) is 0 Å². The van der Waals surface area contributed by atoms with Crippen LogP contribution in [0.15, 0.2) is 17.4 Å². The second-order valence-electron chi connectivity index (χ2n) is 5.34. The lowest BCUT2D eigenvalue weighted by Gasteiger charge is -2.21. The third-order valence-electron chi connectivity index (χ3n) is 3.79. The Labute approximate surface area is 134 Å². The van der Waals surface area contributed by atoms with Crippen LogP contribution in [0.1, 0.15) is 31.4 Å². The number of aromatic nitrogens is 3. The largest absolute Gasteiger partial charge is 0.359 e. The molecule has 0 spiro atoms. The summed E-state index contributed by atoms with van der Waals surface area (Å²) >= 11 is 1.27. The molecular formula is C14H14F4N4S. The van der Waals surface area contributed by atoms with E-state index in [9.17, 15) is 17.6 Å². The van der Waals surface area contributed by atoms with Crippen molar-refractivity contribution in [2.45, 2.75) is 42.8 Å². The molecule has 9 heteroatoms. The molecule has 2 aromatic rings. The Kier molecular flexibility index (Phi) is 4.31. The molecule has 1 N–H and O–H groups in total. The van der Waals surface area contributed by atoms with Gasteiger partial charge in [0.15, 0.2) is 11.0 Å². The van der Waals surface area contributed by atoms with E-state index in [-0.39, 0.29) is 24.2 Å². The molecule has 1 aliphatic carbocycles. The standard InChI is InChI=1S/C14H14F4N4S/c1-23-13-19-6-7-5-8(11(15)16)20-12(10(7)22-13)21-9-3-2-4-14(9,17)18/h5-6,9,11H,2-4H2,1H3,(H,20,21). The van der Waals surface area contributed by atoms with Crippen LogP contribution in [-0.4, -0.2) is 33.2 Å². The molecule has 0 aromatic carbocycles. The van der Waals surface area contributed by atoms with E-state index in [1.165, 1.54) is 24.0 Å². The third kappa shape index (κ3) is 3.19. The fraction of sp³-hybridized carbons (Fsp3) is 0.500. The molecule has 2 heterocycles. The maximum Gasteiger partial charge on any atom is 0.280 e. The van der Waals surface area contributed by atoms with Crippen LogP contribution in [0, 0.1) is 0 Å². The first kappa shape index (κ1) is 16.2. The van der Waals surface area contributed by atoms with Gasteiger partial charge in [0.2, 0.25) is 0 Å². The van der Waals surface area contributed by atoms with Crippen molar-refractivity contribution in [2.75, 3.05) is 11.6 Å². The highest BCUT2D eigenvalue weighted by Gasteiger charge is 2.44. The van der Waals surface area contributed by atoms with E-state index < -0.39 is 24.1 Å². The van der Waals surface area contributed by atoms with E-state index in [0.717, 1.165) is 0 Å². The fourth-order valence-electron chi connectivity index (χ4n) is 2.62. The van der Waals surface area contributed by atoms with Crippen molar-refractivity contribution in [3.63, 3.8) is 0 Å². The highest BCUT2D eigenvalue weighted by atomic mass is 32.2. The molecule has 0 aliphatic heterocycles. The Morgan fingerprint density at radius 1 is 1.35 bits per heavy atom. The zero-order valence-electron chi connectivity index (χ0n) is 12.2. The van der Waals surface area contributed by atoms with Crippen molar-refractivity contribution in [3.8, 4) is 0 Å². The maximum atomic E-state index is 13.8. The van der Waals surface area contributed by atoms with Crippen molar-refractivity contribution < 1.29 is 17.6 Å². The average molecular weight is 346 g/mol. The first-order valence-electron chi connectivity index (χ1n) is 7.05. The molecule has 0 radical (unpaired) electrons. The summed E-state index contributed by atoms with van der Waals surface area (Å²) in [7, 11) is 0. The van der Waals surface area contributed by atoms with Gasteiger partial charge in [-0.3, -0.25) is 0 Å². The second kappa shape index (κ2) is 6.10. The summed E-state index contributed by atoms with van der Waals surface area (Å²) in [6, 6.07) is 0.0565. The highest BCUT2D eigenvalue weighted by molar-refractivity contribution is 7.98. The smallest absolute Gasteiger partial charge is 0.280 e. The zero-order valence-corrected chi connectivity index (χ0v) is 13.0. The lowest BCUT2D eigenvalue weighted by Crippen LogP contribution is -2.34. The van der Waals surface area contributed by atoms with E-state index in [1.54, 1.807) is 6.26 Å². The van der Waals surface area contributed by atoms with Crippen LogP contribution in [0.4, 0.5) is 23.4 Å². The van der Waals surface area contributed by atoms with Gasteiger partial charge in [0.25, 0.3) is 12.3 Å². The molecule has 2 aromatic heterocycles. The summed E-state index contributed by atoms with van der Waals surface area (Å²) < 4.78 is 53.7. The van der Waals surface area contributed by atoms with Gasteiger partial charge >= 0.3 is 0 Å². The molecule has 1 fully saturated rings. The lowest BCUT2D eigenvalue weighted by molar-refractivity contribution is -0.000661. The molecule has 0 amide bonds. The van der Waals surface area contributed by atoms with Crippen LogP contribution >= 0.6 is 11.8 Å². The van der Waals surface area contributed by atoms with Crippen molar-refractivity contribution in [2.24, 2.45) is 0 Å². The van der Waals surface area contributed by atoms with E-state index in [2.05, 4.69) is 20.3 Å². The van der Waals surface area contributed by atoms with Gasteiger partial charge in [-0.1, -0.05) is 11.8 Å². The van der Waals surface area contributed by atoms with Crippen LogP contribution in [0.5, 0.6) is 0 Å². The number of nitrogens with zero attached hydrogens (tertiary/aromatic N) is 3. The normalized spacial score (nSPS) is 20.3. The molecular weight excluding hydrogens is 332 g/mol. The van der Waals surface area contributed by atoms with Gasteiger partial charge in [0.05, 0.1) is 6.04 Å². The Balaban J connectivity index is 2.08. The Morgan fingerprint density at radius 2 is 2.13 bits per heavy atom. The number of rotatable bonds is 4. The average Bonchev–Trinajstić information content (AvgIpc) is 2.85. The minimum Gasteiger partial charge on any atom is -0.359 e. The number of anilines is 1. The van der Waals surface area contributed by atoms with Crippen LogP contribution in [0.25, 0.3) is 10.9 Å². The lowest BCUT2D eigenvalue weighted by atomic mass is 10.2. The summed E-state index contributed by atoms with van der Waals surface area (Å²) in [6.45, 7) is 0. The Bertz CT molecular complexity index is 725. The second-order valence-corrected chi connectivity index (χ2v) is 6.11. The molecule has 0 saturated heterocycles. The quantitative estimate of drug-likeness (QED) is 0.509. The molecule has 1 unspecified atom stereocenters. The van der Waals surface area contributed by atoms with Crippen LogP contribution in [0.2, 0.25) is 0 Å². The van der Waals surface area contributed by atoms with E-state index in [0.29, 0.717) is 17.0 Å². The molecule has 1 saturated carbocycles. The number of halogens is 4. The maximum absolute atomic E-state index is 13.8. The van der Waals surface area contributed by atoms with Gasteiger partial charge in [-0.05, 0) is 25.2 Å². The number of pyridine rings is 1. The van der Waals surface area contributed by atoms with E-state index in [4.69, 9.17) is 0 Å². The molecule has 1 aliphatic rings. The SMILES string of the molecule is CSc1ncc2cc(C(F)F)nc(NC3CCCC3(F)F)c2n1. The van der Waals surface area contributed by atoms with E-state index in [1.807, 2.05) is 0 Å². The summed E-state index contributed by atoms with van der Waals surface area (Å²) in [6.07, 6.45) is 0.782. The topological polar surface area (TPSA) is 50.7 Å². The van der Waals surface area contributed by atoms with Gasteiger partial charge in [-0.25, -0.2) is 32.5 Å².